The second kappa shape index (κ2) is 4.23. The van der Waals surface area contributed by atoms with E-state index in [1.807, 2.05) is 6.20 Å². The summed E-state index contributed by atoms with van der Waals surface area (Å²) in [6.07, 6.45) is 4.05. The fourth-order valence-electron chi connectivity index (χ4n) is 2.59. The van der Waals surface area contributed by atoms with Gasteiger partial charge in [-0.3, -0.25) is 4.40 Å². The monoisotopic (exact) mass is 250 g/mol. The molecule has 3 rings (SSSR count). The van der Waals surface area contributed by atoms with Gasteiger partial charge < -0.3 is 0 Å². The molecule has 0 aliphatic heterocycles. The minimum atomic E-state index is 1.04. The second-order valence-corrected chi connectivity index (χ2v) is 5.28. The highest BCUT2D eigenvalue weighted by Gasteiger charge is 2.10. The van der Waals surface area contributed by atoms with Crippen LogP contribution in [0.4, 0.5) is 0 Å². The van der Waals surface area contributed by atoms with Crippen LogP contribution < -0.4 is 0 Å². The molecule has 0 fully saturated rings. The molecule has 2 heterocycles. The number of nitrogens with zero attached hydrogens (tertiary/aromatic N) is 2. The van der Waals surface area contributed by atoms with Gasteiger partial charge in [-0.15, -0.1) is 0 Å². The van der Waals surface area contributed by atoms with Gasteiger partial charge >= 0.3 is 0 Å². The fraction of sp³-hybridized carbons (Fsp3) is 0.235. The van der Waals surface area contributed by atoms with E-state index in [0.717, 1.165) is 5.65 Å². The maximum atomic E-state index is 4.55. The van der Waals surface area contributed by atoms with Crippen molar-refractivity contribution in [3.05, 3.63) is 58.9 Å². The van der Waals surface area contributed by atoms with Crippen LogP contribution in [0.5, 0.6) is 0 Å². The number of aromatic nitrogens is 2. The maximum absolute atomic E-state index is 4.55. The van der Waals surface area contributed by atoms with E-state index in [1.165, 1.54) is 33.5 Å². The molecule has 19 heavy (non-hydrogen) atoms. The molecule has 96 valence electrons. The van der Waals surface area contributed by atoms with Gasteiger partial charge in [0.1, 0.15) is 5.65 Å². The predicted octanol–water partition coefficient (Wildman–Crippen LogP) is 4.23. The SMILES string of the molecule is Cc1cc(C)c(-c2cnc3c(C)cccn23)cc1C. The van der Waals surface area contributed by atoms with Crippen LogP contribution in [0, 0.1) is 27.7 Å². The molecule has 2 heteroatoms. The third-order valence-electron chi connectivity index (χ3n) is 3.85. The molecule has 2 nitrogen and oxygen atoms in total. The molecule has 0 aliphatic rings. The van der Waals surface area contributed by atoms with Gasteiger partial charge in [0, 0.05) is 11.8 Å². The van der Waals surface area contributed by atoms with E-state index in [4.69, 9.17) is 0 Å². The summed E-state index contributed by atoms with van der Waals surface area (Å²) >= 11 is 0. The molecule has 1 aromatic carbocycles. The number of rotatable bonds is 1. The highest BCUT2D eigenvalue weighted by molar-refractivity contribution is 5.69. The van der Waals surface area contributed by atoms with Gasteiger partial charge in [0.25, 0.3) is 0 Å². The zero-order valence-corrected chi connectivity index (χ0v) is 11.9. The quantitative estimate of drug-likeness (QED) is 0.631. The van der Waals surface area contributed by atoms with E-state index in [9.17, 15) is 0 Å². The van der Waals surface area contributed by atoms with E-state index >= 15 is 0 Å². The average molecular weight is 250 g/mol. The van der Waals surface area contributed by atoms with Gasteiger partial charge in [-0.25, -0.2) is 4.98 Å². The van der Waals surface area contributed by atoms with Crippen LogP contribution in [0.25, 0.3) is 16.9 Å². The van der Waals surface area contributed by atoms with Crippen LogP contribution in [0.15, 0.2) is 36.7 Å². The Bertz CT molecular complexity index is 766. The molecule has 0 aliphatic carbocycles. The summed E-state index contributed by atoms with van der Waals surface area (Å²) in [5.41, 5.74) is 8.63. The highest BCUT2D eigenvalue weighted by Crippen LogP contribution is 2.27. The fourth-order valence-corrected chi connectivity index (χ4v) is 2.59. The average Bonchev–Trinajstić information content (AvgIpc) is 2.79. The van der Waals surface area contributed by atoms with Crippen LogP contribution in [-0.2, 0) is 0 Å². The lowest BCUT2D eigenvalue weighted by molar-refractivity contribution is 1.16. The molecule has 0 unspecified atom stereocenters. The van der Waals surface area contributed by atoms with Gasteiger partial charge in [0.05, 0.1) is 11.9 Å². The Morgan fingerprint density at radius 3 is 2.42 bits per heavy atom. The van der Waals surface area contributed by atoms with Crippen LogP contribution in [-0.4, -0.2) is 9.38 Å². The molecule has 0 saturated heterocycles. The summed E-state index contributed by atoms with van der Waals surface area (Å²) in [6.45, 7) is 8.58. The third kappa shape index (κ3) is 1.84. The normalized spacial score (nSPS) is 11.2. The van der Waals surface area contributed by atoms with Crippen molar-refractivity contribution in [3.63, 3.8) is 0 Å². The number of hydrogen-bond donors (Lipinski definition) is 0. The summed E-state index contributed by atoms with van der Waals surface area (Å²) in [7, 11) is 0. The minimum Gasteiger partial charge on any atom is -0.299 e. The molecule has 3 aromatic rings. The highest BCUT2D eigenvalue weighted by atomic mass is 15.0. The second-order valence-electron chi connectivity index (χ2n) is 5.28. The lowest BCUT2D eigenvalue weighted by Crippen LogP contribution is -1.93. The first kappa shape index (κ1) is 12.0. The minimum absolute atomic E-state index is 1.04. The smallest absolute Gasteiger partial charge is 0.140 e. The van der Waals surface area contributed by atoms with E-state index in [0.29, 0.717) is 0 Å². The lowest BCUT2D eigenvalue weighted by atomic mass is 9.99. The first-order valence-electron chi connectivity index (χ1n) is 6.59. The van der Waals surface area contributed by atoms with Crippen LogP contribution in [0.3, 0.4) is 0 Å². The molecule has 0 saturated carbocycles. The van der Waals surface area contributed by atoms with Crippen molar-refractivity contribution in [1.82, 2.24) is 9.38 Å². The molecule has 0 bridgehead atoms. The standard InChI is InChI=1S/C17H18N2/c1-11-6-5-7-19-16(10-18-17(11)19)15-9-13(3)12(2)8-14(15)4/h5-10H,1-4H3. The first-order valence-corrected chi connectivity index (χ1v) is 6.59. The summed E-state index contributed by atoms with van der Waals surface area (Å²) in [5.74, 6) is 0. The lowest BCUT2D eigenvalue weighted by Gasteiger charge is -2.10. The third-order valence-corrected chi connectivity index (χ3v) is 3.85. The van der Waals surface area contributed by atoms with E-state index in [-0.39, 0.29) is 0 Å². The Morgan fingerprint density at radius 2 is 1.63 bits per heavy atom. The number of benzene rings is 1. The largest absolute Gasteiger partial charge is 0.299 e. The summed E-state index contributed by atoms with van der Waals surface area (Å²) in [5, 5.41) is 0. The first-order chi connectivity index (χ1) is 9.08. The van der Waals surface area contributed by atoms with Crippen molar-refractivity contribution in [1.29, 1.82) is 0 Å². The summed E-state index contributed by atoms with van der Waals surface area (Å²) in [6, 6.07) is 8.68. The van der Waals surface area contributed by atoms with E-state index in [1.54, 1.807) is 0 Å². The molecular formula is C17H18N2. The Hall–Kier alpha value is -2.09. The van der Waals surface area contributed by atoms with Crippen LogP contribution >= 0.6 is 0 Å². The number of hydrogen-bond acceptors (Lipinski definition) is 1. The molecule has 0 spiro atoms. The Balaban J connectivity index is 2.31. The molecule has 0 radical (unpaired) electrons. The Labute approximate surface area is 113 Å². The van der Waals surface area contributed by atoms with Crippen molar-refractivity contribution < 1.29 is 0 Å². The number of fused-ring (bicyclic) bond motifs is 1. The van der Waals surface area contributed by atoms with Crippen molar-refractivity contribution in [2.75, 3.05) is 0 Å². The molecular weight excluding hydrogens is 232 g/mol. The summed E-state index contributed by atoms with van der Waals surface area (Å²) in [4.78, 5) is 4.55. The van der Waals surface area contributed by atoms with Crippen molar-refractivity contribution in [2.45, 2.75) is 27.7 Å². The van der Waals surface area contributed by atoms with Crippen LogP contribution in [0.1, 0.15) is 22.3 Å². The molecule has 2 aromatic heterocycles. The Morgan fingerprint density at radius 1 is 0.895 bits per heavy atom. The molecule has 0 N–H and O–H groups in total. The zero-order valence-electron chi connectivity index (χ0n) is 11.9. The number of aryl methyl sites for hydroxylation is 4. The molecule has 0 amide bonds. The van der Waals surface area contributed by atoms with Crippen LogP contribution in [0.2, 0.25) is 0 Å². The van der Waals surface area contributed by atoms with Gasteiger partial charge in [-0.1, -0.05) is 12.1 Å². The number of pyridine rings is 1. The van der Waals surface area contributed by atoms with Crippen molar-refractivity contribution in [2.24, 2.45) is 0 Å². The van der Waals surface area contributed by atoms with E-state index < -0.39 is 0 Å². The number of imidazole rings is 1. The summed E-state index contributed by atoms with van der Waals surface area (Å²) < 4.78 is 2.17. The van der Waals surface area contributed by atoms with E-state index in [2.05, 4.69) is 67.5 Å². The maximum Gasteiger partial charge on any atom is 0.140 e. The Kier molecular flexibility index (Phi) is 2.67. The van der Waals surface area contributed by atoms with Gasteiger partial charge in [-0.2, -0.15) is 0 Å². The topological polar surface area (TPSA) is 17.3 Å². The van der Waals surface area contributed by atoms with Crippen molar-refractivity contribution >= 4 is 5.65 Å². The van der Waals surface area contributed by atoms with Crippen molar-refractivity contribution in [3.8, 4) is 11.3 Å². The predicted molar refractivity (Wildman–Crippen MR) is 79.6 cm³/mol. The molecule has 0 atom stereocenters. The van der Waals surface area contributed by atoms with Gasteiger partial charge in [-0.05, 0) is 62.1 Å². The van der Waals surface area contributed by atoms with Gasteiger partial charge in [0.15, 0.2) is 0 Å². The van der Waals surface area contributed by atoms with Gasteiger partial charge in [0.2, 0.25) is 0 Å². The zero-order chi connectivity index (χ0) is 13.6.